The fourth-order valence-corrected chi connectivity index (χ4v) is 2.60. The fourth-order valence-electron chi connectivity index (χ4n) is 2.60. The second-order valence-electron chi connectivity index (χ2n) is 4.89. The molecule has 0 aliphatic carbocycles. The van der Waals surface area contributed by atoms with E-state index in [0.29, 0.717) is 11.7 Å². The molecule has 1 aliphatic heterocycles. The molecule has 1 aromatic heterocycles. The molecule has 5 heteroatoms. The first kappa shape index (κ1) is 12.2. The van der Waals surface area contributed by atoms with Crippen LogP contribution in [0.2, 0.25) is 0 Å². The number of nitrogens with two attached hydrogens (primary N) is 1. The SMILES string of the molecule is Nc1nnn(Cc2ccccc2)c1C1CCOCC1. The maximum atomic E-state index is 5.99. The predicted octanol–water partition coefficient (Wildman–Crippen LogP) is 1.80. The van der Waals surface area contributed by atoms with Crippen LogP contribution >= 0.6 is 0 Å². The maximum absolute atomic E-state index is 5.99. The van der Waals surface area contributed by atoms with E-state index in [1.165, 1.54) is 5.56 Å². The Kier molecular flexibility index (Phi) is 3.46. The lowest BCUT2D eigenvalue weighted by Gasteiger charge is -2.22. The number of benzene rings is 1. The Hall–Kier alpha value is -1.88. The molecule has 100 valence electrons. The third kappa shape index (κ3) is 2.61. The van der Waals surface area contributed by atoms with Crippen LogP contribution in [0, 0.1) is 0 Å². The van der Waals surface area contributed by atoms with Crippen LogP contribution in [0.5, 0.6) is 0 Å². The van der Waals surface area contributed by atoms with Gasteiger partial charge in [0, 0.05) is 19.1 Å². The maximum Gasteiger partial charge on any atom is 0.169 e. The monoisotopic (exact) mass is 258 g/mol. The van der Waals surface area contributed by atoms with Gasteiger partial charge in [-0.1, -0.05) is 35.5 Å². The molecule has 0 atom stereocenters. The number of nitrogens with zero attached hydrogens (tertiary/aromatic N) is 3. The van der Waals surface area contributed by atoms with Crippen LogP contribution < -0.4 is 5.73 Å². The van der Waals surface area contributed by atoms with Gasteiger partial charge >= 0.3 is 0 Å². The van der Waals surface area contributed by atoms with Gasteiger partial charge in [0.05, 0.1) is 12.2 Å². The van der Waals surface area contributed by atoms with Crippen molar-refractivity contribution in [2.75, 3.05) is 18.9 Å². The third-order valence-corrected chi connectivity index (χ3v) is 3.58. The van der Waals surface area contributed by atoms with E-state index in [2.05, 4.69) is 22.4 Å². The molecule has 1 saturated heterocycles. The van der Waals surface area contributed by atoms with Crippen LogP contribution in [0.25, 0.3) is 0 Å². The van der Waals surface area contributed by atoms with Crippen molar-refractivity contribution >= 4 is 5.82 Å². The van der Waals surface area contributed by atoms with Crippen LogP contribution in [0.3, 0.4) is 0 Å². The summed E-state index contributed by atoms with van der Waals surface area (Å²) in [7, 11) is 0. The number of rotatable bonds is 3. The highest BCUT2D eigenvalue weighted by Gasteiger charge is 2.23. The predicted molar refractivity (Wildman–Crippen MR) is 72.8 cm³/mol. The van der Waals surface area contributed by atoms with Crippen LogP contribution in [-0.4, -0.2) is 28.2 Å². The minimum absolute atomic E-state index is 0.410. The van der Waals surface area contributed by atoms with E-state index in [-0.39, 0.29) is 0 Å². The lowest BCUT2D eigenvalue weighted by Crippen LogP contribution is -2.19. The Morgan fingerprint density at radius 1 is 1.21 bits per heavy atom. The number of anilines is 1. The Morgan fingerprint density at radius 3 is 2.68 bits per heavy atom. The van der Waals surface area contributed by atoms with Crippen LogP contribution in [0.1, 0.15) is 30.0 Å². The van der Waals surface area contributed by atoms with Gasteiger partial charge in [0.2, 0.25) is 0 Å². The highest BCUT2D eigenvalue weighted by atomic mass is 16.5. The summed E-state index contributed by atoms with van der Waals surface area (Å²) in [6.45, 7) is 2.30. The number of hydrogen-bond acceptors (Lipinski definition) is 4. The van der Waals surface area contributed by atoms with Gasteiger partial charge in [-0.05, 0) is 18.4 Å². The van der Waals surface area contributed by atoms with Crippen molar-refractivity contribution in [3.05, 3.63) is 41.6 Å². The van der Waals surface area contributed by atoms with E-state index >= 15 is 0 Å². The van der Waals surface area contributed by atoms with Crippen molar-refractivity contribution in [2.45, 2.75) is 25.3 Å². The third-order valence-electron chi connectivity index (χ3n) is 3.58. The van der Waals surface area contributed by atoms with Gasteiger partial charge in [-0.15, -0.1) is 5.10 Å². The lowest BCUT2D eigenvalue weighted by atomic mass is 9.96. The number of nitrogen functional groups attached to an aromatic ring is 1. The molecule has 0 amide bonds. The van der Waals surface area contributed by atoms with Gasteiger partial charge in [0.25, 0.3) is 0 Å². The average Bonchev–Trinajstić information content (AvgIpc) is 2.82. The summed E-state index contributed by atoms with van der Waals surface area (Å²) in [6, 6.07) is 10.3. The summed E-state index contributed by atoms with van der Waals surface area (Å²) in [4.78, 5) is 0. The molecular weight excluding hydrogens is 240 g/mol. The highest BCUT2D eigenvalue weighted by molar-refractivity contribution is 5.36. The van der Waals surface area contributed by atoms with Gasteiger partial charge in [-0.2, -0.15) is 0 Å². The Labute approximate surface area is 112 Å². The normalized spacial score (nSPS) is 16.6. The topological polar surface area (TPSA) is 66.0 Å². The zero-order valence-electron chi connectivity index (χ0n) is 10.8. The van der Waals surface area contributed by atoms with E-state index in [0.717, 1.165) is 38.3 Å². The second kappa shape index (κ2) is 5.40. The summed E-state index contributed by atoms with van der Waals surface area (Å²) in [6.07, 6.45) is 1.98. The van der Waals surface area contributed by atoms with Gasteiger partial charge in [-0.25, -0.2) is 4.68 Å². The Morgan fingerprint density at radius 2 is 1.95 bits per heavy atom. The molecule has 1 aromatic carbocycles. The van der Waals surface area contributed by atoms with E-state index in [4.69, 9.17) is 10.5 Å². The van der Waals surface area contributed by atoms with Crippen molar-refractivity contribution in [3.8, 4) is 0 Å². The molecule has 3 rings (SSSR count). The smallest absolute Gasteiger partial charge is 0.169 e. The molecule has 5 nitrogen and oxygen atoms in total. The van der Waals surface area contributed by atoms with Gasteiger partial charge in [-0.3, -0.25) is 0 Å². The molecule has 0 bridgehead atoms. The van der Waals surface area contributed by atoms with Crippen molar-refractivity contribution in [2.24, 2.45) is 0 Å². The minimum atomic E-state index is 0.410. The van der Waals surface area contributed by atoms with Gasteiger partial charge in [0.1, 0.15) is 0 Å². The lowest BCUT2D eigenvalue weighted by molar-refractivity contribution is 0.0837. The molecule has 2 N–H and O–H groups in total. The largest absolute Gasteiger partial charge is 0.381 e. The van der Waals surface area contributed by atoms with Crippen molar-refractivity contribution in [3.63, 3.8) is 0 Å². The minimum Gasteiger partial charge on any atom is -0.381 e. The Bertz CT molecular complexity index is 532. The van der Waals surface area contributed by atoms with Crippen LogP contribution in [0.4, 0.5) is 5.82 Å². The summed E-state index contributed by atoms with van der Waals surface area (Å²) in [5.74, 6) is 0.968. The summed E-state index contributed by atoms with van der Waals surface area (Å²) >= 11 is 0. The average molecular weight is 258 g/mol. The molecule has 2 aromatic rings. The van der Waals surface area contributed by atoms with Crippen LogP contribution in [-0.2, 0) is 11.3 Å². The quantitative estimate of drug-likeness (QED) is 0.911. The second-order valence-corrected chi connectivity index (χ2v) is 4.89. The molecule has 0 unspecified atom stereocenters. The summed E-state index contributed by atoms with van der Waals surface area (Å²) in [5.41, 5.74) is 8.26. The van der Waals surface area contributed by atoms with Crippen molar-refractivity contribution < 1.29 is 4.74 Å². The molecule has 19 heavy (non-hydrogen) atoms. The van der Waals surface area contributed by atoms with Crippen molar-refractivity contribution in [1.29, 1.82) is 0 Å². The Balaban J connectivity index is 1.85. The first-order valence-electron chi connectivity index (χ1n) is 6.65. The first-order valence-corrected chi connectivity index (χ1v) is 6.65. The molecule has 0 radical (unpaired) electrons. The molecule has 1 fully saturated rings. The number of hydrogen-bond donors (Lipinski definition) is 1. The van der Waals surface area contributed by atoms with Crippen LogP contribution in [0.15, 0.2) is 30.3 Å². The molecule has 1 aliphatic rings. The van der Waals surface area contributed by atoms with Gasteiger partial charge in [0.15, 0.2) is 5.82 Å². The van der Waals surface area contributed by atoms with Gasteiger partial charge < -0.3 is 10.5 Å². The van der Waals surface area contributed by atoms with E-state index in [1.54, 1.807) is 0 Å². The molecule has 2 heterocycles. The summed E-state index contributed by atoms with van der Waals surface area (Å²) in [5, 5.41) is 8.22. The zero-order chi connectivity index (χ0) is 13.1. The van der Waals surface area contributed by atoms with Crippen molar-refractivity contribution in [1.82, 2.24) is 15.0 Å². The first-order chi connectivity index (χ1) is 9.34. The van der Waals surface area contributed by atoms with E-state index in [1.807, 2.05) is 22.9 Å². The molecule has 0 saturated carbocycles. The fraction of sp³-hybridized carbons (Fsp3) is 0.429. The number of ether oxygens (including phenoxy) is 1. The zero-order valence-corrected chi connectivity index (χ0v) is 10.8. The summed E-state index contributed by atoms with van der Waals surface area (Å²) < 4.78 is 7.34. The highest BCUT2D eigenvalue weighted by Crippen LogP contribution is 2.29. The molecule has 0 spiro atoms. The van der Waals surface area contributed by atoms with E-state index < -0.39 is 0 Å². The molecular formula is C14H18N4O. The van der Waals surface area contributed by atoms with E-state index in [9.17, 15) is 0 Å². The standard InChI is InChI=1S/C14H18N4O/c15-14-13(12-6-8-19-9-7-12)18(17-16-14)10-11-4-2-1-3-5-11/h1-5,12H,6-10,15H2. The number of aromatic nitrogens is 3.